The third kappa shape index (κ3) is 4.96. The van der Waals surface area contributed by atoms with Crippen molar-refractivity contribution >= 4 is 28.8 Å². The lowest BCUT2D eigenvalue weighted by Gasteiger charge is -2.35. The number of anilines is 2. The van der Waals surface area contributed by atoms with Gasteiger partial charge in [0, 0.05) is 36.2 Å². The van der Waals surface area contributed by atoms with Crippen LogP contribution >= 0.6 is 0 Å². The molecule has 3 aromatic carbocycles. The number of nitro groups is 1. The number of unbranched alkanes of at least 4 members (excludes halogenated alkanes) is 2. The summed E-state index contributed by atoms with van der Waals surface area (Å²) in [5, 5.41) is 15.2. The average molecular weight is 510 g/mol. The summed E-state index contributed by atoms with van der Waals surface area (Å²) in [4.78, 5) is 40.8. The Hall–Kier alpha value is -4.26. The summed E-state index contributed by atoms with van der Waals surface area (Å²) in [5.74, 6) is -0.154. The van der Waals surface area contributed by atoms with Gasteiger partial charge in [-0.05, 0) is 42.0 Å². The van der Waals surface area contributed by atoms with Crippen LogP contribution in [0.3, 0.4) is 0 Å². The number of fused-ring (bicyclic) bond motifs is 1. The van der Waals surface area contributed by atoms with Crippen LogP contribution in [0.25, 0.3) is 0 Å². The quantitative estimate of drug-likeness (QED) is 0.209. The molecule has 7 heteroatoms. The standard InChI is InChI=1S/C31H31N3O4/c1-2-3-5-17-29(36)33-27-16-9-8-15-25(27)32-26-19-23(21-11-6-4-7-12-21)20-28(35)30(26)31(33)22-13-10-14-24(18-22)34(37)38/h4,6-16,18,23,31-32H,2-3,5,17,19-20H2,1H3/t23-,31-/m0/s1. The van der Waals surface area contributed by atoms with E-state index < -0.39 is 11.0 Å². The Kier molecular flexibility index (Phi) is 7.36. The molecule has 1 aliphatic carbocycles. The van der Waals surface area contributed by atoms with Gasteiger partial charge >= 0.3 is 0 Å². The van der Waals surface area contributed by atoms with E-state index in [4.69, 9.17) is 0 Å². The molecular formula is C31H31N3O4. The van der Waals surface area contributed by atoms with E-state index in [0.717, 1.165) is 36.2 Å². The molecule has 194 valence electrons. The maximum atomic E-state index is 14.0. The molecule has 0 spiro atoms. The molecule has 0 saturated carbocycles. The second-order valence-corrected chi connectivity index (χ2v) is 9.95. The monoisotopic (exact) mass is 509 g/mol. The number of hydrogen-bond donors (Lipinski definition) is 1. The first-order valence-corrected chi connectivity index (χ1v) is 13.2. The minimum absolute atomic E-state index is 0.000299. The van der Waals surface area contributed by atoms with Crippen LogP contribution in [0, 0.1) is 10.1 Å². The lowest BCUT2D eigenvalue weighted by molar-refractivity contribution is -0.384. The van der Waals surface area contributed by atoms with E-state index in [9.17, 15) is 19.7 Å². The Bertz CT molecular complexity index is 1400. The van der Waals surface area contributed by atoms with Crippen molar-refractivity contribution in [2.45, 2.75) is 57.4 Å². The fraction of sp³-hybridized carbons (Fsp3) is 0.290. The predicted octanol–water partition coefficient (Wildman–Crippen LogP) is 7.08. The third-order valence-electron chi connectivity index (χ3n) is 7.42. The molecule has 7 nitrogen and oxygen atoms in total. The number of non-ortho nitro benzene ring substituents is 1. The van der Waals surface area contributed by atoms with E-state index in [0.29, 0.717) is 36.1 Å². The zero-order valence-corrected chi connectivity index (χ0v) is 21.4. The summed E-state index contributed by atoms with van der Waals surface area (Å²) in [5.41, 5.74) is 4.27. The lowest BCUT2D eigenvalue weighted by atomic mass is 9.78. The fourth-order valence-electron chi connectivity index (χ4n) is 5.60. The molecule has 2 atom stereocenters. The van der Waals surface area contributed by atoms with Crippen LogP contribution in [0.15, 0.2) is 90.1 Å². The van der Waals surface area contributed by atoms with Gasteiger partial charge in [-0.15, -0.1) is 0 Å². The number of nitrogens with one attached hydrogen (secondary N) is 1. The normalized spacial score (nSPS) is 18.8. The van der Waals surface area contributed by atoms with Crippen LogP contribution in [-0.2, 0) is 9.59 Å². The van der Waals surface area contributed by atoms with Crippen LogP contribution in [0.4, 0.5) is 17.1 Å². The van der Waals surface area contributed by atoms with Gasteiger partial charge in [0.2, 0.25) is 5.91 Å². The summed E-state index contributed by atoms with van der Waals surface area (Å²) in [6.07, 6.45) is 3.88. The largest absolute Gasteiger partial charge is 0.357 e. The Morgan fingerprint density at radius 2 is 1.71 bits per heavy atom. The fourth-order valence-corrected chi connectivity index (χ4v) is 5.60. The van der Waals surface area contributed by atoms with Gasteiger partial charge in [-0.25, -0.2) is 0 Å². The van der Waals surface area contributed by atoms with Crippen LogP contribution in [0.1, 0.15) is 68.5 Å². The number of para-hydroxylation sites is 2. The van der Waals surface area contributed by atoms with Crippen molar-refractivity contribution in [1.29, 1.82) is 0 Å². The summed E-state index contributed by atoms with van der Waals surface area (Å²) in [6.45, 7) is 2.09. The van der Waals surface area contributed by atoms with E-state index in [1.165, 1.54) is 12.1 Å². The molecule has 0 unspecified atom stereocenters. The number of allylic oxidation sites excluding steroid dienone is 1. The van der Waals surface area contributed by atoms with Gasteiger partial charge in [0.25, 0.3) is 5.69 Å². The van der Waals surface area contributed by atoms with E-state index in [2.05, 4.69) is 12.2 Å². The SMILES string of the molecule is CCCCCC(=O)N1c2ccccc2NC2=C(C(=O)C[C@@H](c3ccccc3)C2)[C@@H]1c1cccc([N+](=O)[O-])c1. The molecular weight excluding hydrogens is 478 g/mol. The molecule has 0 bridgehead atoms. The molecule has 1 N–H and O–H groups in total. The molecule has 0 fully saturated rings. The maximum absolute atomic E-state index is 14.0. The number of carbonyl (C=O) groups is 2. The highest BCUT2D eigenvalue weighted by molar-refractivity contribution is 6.06. The molecule has 38 heavy (non-hydrogen) atoms. The van der Waals surface area contributed by atoms with E-state index in [1.807, 2.05) is 54.6 Å². The van der Waals surface area contributed by atoms with Crippen LogP contribution in [0.2, 0.25) is 0 Å². The first-order valence-electron chi connectivity index (χ1n) is 13.2. The smallest absolute Gasteiger partial charge is 0.269 e. The Balaban J connectivity index is 1.69. The van der Waals surface area contributed by atoms with Gasteiger partial charge < -0.3 is 5.32 Å². The predicted molar refractivity (Wildman–Crippen MR) is 148 cm³/mol. The number of hydrogen-bond acceptors (Lipinski definition) is 5. The average Bonchev–Trinajstić information content (AvgIpc) is 3.08. The maximum Gasteiger partial charge on any atom is 0.269 e. The Morgan fingerprint density at radius 3 is 2.47 bits per heavy atom. The molecule has 5 rings (SSSR count). The molecule has 3 aromatic rings. The summed E-state index contributed by atoms with van der Waals surface area (Å²) >= 11 is 0. The number of benzene rings is 3. The van der Waals surface area contributed by atoms with Gasteiger partial charge in [0.15, 0.2) is 5.78 Å². The van der Waals surface area contributed by atoms with Gasteiger partial charge in [0.05, 0.1) is 22.3 Å². The number of nitro benzene ring substituents is 1. The molecule has 0 radical (unpaired) electrons. The van der Waals surface area contributed by atoms with Crippen molar-refractivity contribution in [3.8, 4) is 0 Å². The molecule has 0 aromatic heterocycles. The number of carbonyl (C=O) groups excluding carboxylic acids is 2. The second kappa shape index (κ2) is 11.0. The number of amides is 1. The number of rotatable bonds is 7. The van der Waals surface area contributed by atoms with Crippen molar-refractivity contribution in [3.05, 3.63) is 111 Å². The molecule has 2 aliphatic rings. The van der Waals surface area contributed by atoms with E-state index in [1.54, 1.807) is 17.0 Å². The molecule has 1 amide bonds. The first-order chi connectivity index (χ1) is 18.5. The minimum atomic E-state index is -0.764. The van der Waals surface area contributed by atoms with Crippen molar-refractivity contribution in [3.63, 3.8) is 0 Å². The highest BCUT2D eigenvalue weighted by Crippen LogP contribution is 2.48. The van der Waals surface area contributed by atoms with Crippen molar-refractivity contribution in [2.24, 2.45) is 0 Å². The molecule has 1 aliphatic heterocycles. The lowest BCUT2D eigenvalue weighted by Crippen LogP contribution is -2.38. The van der Waals surface area contributed by atoms with Crippen molar-refractivity contribution in [2.75, 3.05) is 10.2 Å². The van der Waals surface area contributed by atoms with E-state index >= 15 is 0 Å². The summed E-state index contributed by atoms with van der Waals surface area (Å²) in [7, 11) is 0. The van der Waals surface area contributed by atoms with E-state index in [-0.39, 0.29) is 23.3 Å². The highest BCUT2D eigenvalue weighted by atomic mass is 16.6. The molecule has 1 heterocycles. The zero-order valence-electron chi connectivity index (χ0n) is 21.4. The van der Waals surface area contributed by atoms with Crippen LogP contribution < -0.4 is 10.2 Å². The Morgan fingerprint density at radius 1 is 0.974 bits per heavy atom. The minimum Gasteiger partial charge on any atom is -0.357 e. The number of Topliss-reactive ketones (excluding diaryl/α,β-unsaturated/α-hetero) is 1. The topological polar surface area (TPSA) is 92.6 Å². The molecule has 0 saturated heterocycles. The van der Waals surface area contributed by atoms with Gasteiger partial charge in [0.1, 0.15) is 0 Å². The zero-order chi connectivity index (χ0) is 26.6. The van der Waals surface area contributed by atoms with Crippen molar-refractivity contribution < 1.29 is 14.5 Å². The van der Waals surface area contributed by atoms with Crippen LogP contribution in [0.5, 0.6) is 0 Å². The van der Waals surface area contributed by atoms with Crippen LogP contribution in [-0.4, -0.2) is 16.6 Å². The summed E-state index contributed by atoms with van der Waals surface area (Å²) in [6, 6.07) is 23.1. The first kappa shape index (κ1) is 25.4. The highest BCUT2D eigenvalue weighted by Gasteiger charge is 2.41. The summed E-state index contributed by atoms with van der Waals surface area (Å²) < 4.78 is 0. The van der Waals surface area contributed by atoms with Gasteiger partial charge in [-0.1, -0.05) is 74.4 Å². The Labute approximate surface area is 222 Å². The van der Waals surface area contributed by atoms with Crippen molar-refractivity contribution in [1.82, 2.24) is 0 Å². The van der Waals surface area contributed by atoms with Gasteiger partial charge in [-0.2, -0.15) is 0 Å². The van der Waals surface area contributed by atoms with Gasteiger partial charge in [-0.3, -0.25) is 24.6 Å². The second-order valence-electron chi connectivity index (χ2n) is 9.95. The number of nitrogens with zero attached hydrogens (tertiary/aromatic N) is 2. The third-order valence-corrected chi connectivity index (χ3v) is 7.42. The number of ketones is 1.